The molecule has 1 saturated carbocycles. The van der Waals surface area contributed by atoms with Crippen molar-refractivity contribution >= 4 is 5.97 Å². The summed E-state index contributed by atoms with van der Waals surface area (Å²) in [6, 6.07) is 4.47. The van der Waals surface area contributed by atoms with Crippen LogP contribution in [0.5, 0.6) is 0 Å². The normalized spacial score (nSPS) is 16.9. The lowest BCUT2D eigenvalue weighted by molar-refractivity contribution is 0.0558. The topological polar surface area (TPSA) is 42.7 Å². The lowest BCUT2D eigenvalue weighted by Crippen LogP contribution is -2.29. The van der Waals surface area contributed by atoms with Crippen molar-refractivity contribution in [1.29, 1.82) is 0 Å². The van der Waals surface area contributed by atoms with E-state index in [4.69, 9.17) is 4.42 Å². The van der Waals surface area contributed by atoms with Crippen LogP contribution in [0.25, 0.3) is 0 Å². The first-order valence-corrected chi connectivity index (χ1v) is 6.61. The Bertz CT molecular complexity index is 409. The molecule has 0 aliphatic heterocycles. The van der Waals surface area contributed by atoms with Gasteiger partial charge in [-0.25, -0.2) is 4.79 Å². The number of hydrogen-bond donors (Lipinski definition) is 0. The number of carbonyl (C=O) groups is 1. The van der Waals surface area contributed by atoms with Gasteiger partial charge in [0.1, 0.15) is 5.76 Å². The highest BCUT2D eigenvalue weighted by Crippen LogP contribution is 2.34. The van der Waals surface area contributed by atoms with Gasteiger partial charge < -0.3 is 9.15 Å². The van der Waals surface area contributed by atoms with Crippen LogP contribution in [-0.4, -0.2) is 30.6 Å². The molecule has 1 heterocycles. The zero-order chi connectivity index (χ0) is 13.1. The van der Waals surface area contributed by atoms with Crippen molar-refractivity contribution in [2.24, 2.45) is 0 Å². The molecule has 4 heteroatoms. The maximum atomic E-state index is 11.4. The highest BCUT2D eigenvalue weighted by molar-refractivity contribution is 5.86. The molecule has 0 saturated heterocycles. The van der Waals surface area contributed by atoms with Gasteiger partial charge in [-0.1, -0.05) is 6.92 Å². The number of rotatable bonds is 6. The van der Waals surface area contributed by atoms with Crippen LogP contribution in [-0.2, 0) is 4.74 Å². The van der Waals surface area contributed by atoms with Crippen LogP contribution in [0, 0.1) is 0 Å². The summed E-state index contributed by atoms with van der Waals surface area (Å²) >= 11 is 0. The summed E-state index contributed by atoms with van der Waals surface area (Å²) in [5.74, 6) is 0.712. The number of nitrogens with zero attached hydrogens (tertiary/aromatic N) is 1. The first-order valence-electron chi connectivity index (χ1n) is 6.61. The minimum atomic E-state index is -0.415. The second kappa shape index (κ2) is 5.57. The van der Waals surface area contributed by atoms with Crippen LogP contribution < -0.4 is 0 Å². The molecule has 100 valence electrons. The zero-order valence-corrected chi connectivity index (χ0v) is 11.3. The number of methoxy groups -OCH3 is 1. The molecule has 0 amide bonds. The Morgan fingerprint density at radius 3 is 2.83 bits per heavy atom. The van der Waals surface area contributed by atoms with Crippen LogP contribution >= 0.6 is 0 Å². The van der Waals surface area contributed by atoms with Crippen LogP contribution in [0.15, 0.2) is 16.5 Å². The van der Waals surface area contributed by atoms with Gasteiger partial charge in [0.05, 0.1) is 13.2 Å². The number of esters is 1. The lowest BCUT2D eigenvalue weighted by atomic mass is 10.2. The molecule has 0 spiro atoms. The quantitative estimate of drug-likeness (QED) is 0.729. The highest BCUT2D eigenvalue weighted by Gasteiger charge is 2.33. The Labute approximate surface area is 108 Å². The zero-order valence-electron chi connectivity index (χ0n) is 11.3. The number of furan rings is 1. The molecule has 0 bridgehead atoms. The Morgan fingerprint density at radius 2 is 2.28 bits per heavy atom. The van der Waals surface area contributed by atoms with Gasteiger partial charge in [0.2, 0.25) is 5.76 Å². The van der Waals surface area contributed by atoms with Gasteiger partial charge in [-0.2, -0.15) is 0 Å². The van der Waals surface area contributed by atoms with E-state index in [1.807, 2.05) is 6.07 Å². The summed E-state index contributed by atoms with van der Waals surface area (Å²) in [4.78, 5) is 13.8. The molecule has 1 atom stereocenters. The first-order chi connectivity index (χ1) is 8.67. The largest absolute Gasteiger partial charge is 0.463 e. The lowest BCUT2D eigenvalue weighted by Gasteiger charge is -2.27. The Kier molecular flexibility index (Phi) is 4.07. The predicted molar refractivity (Wildman–Crippen MR) is 68.5 cm³/mol. The smallest absolute Gasteiger partial charge is 0.373 e. The second-order valence-corrected chi connectivity index (χ2v) is 4.84. The molecule has 1 aromatic heterocycles. The number of hydrogen-bond acceptors (Lipinski definition) is 4. The SMILES string of the molecule is CCCN(C1CC1)C(C)c1ccc(C(=O)OC)o1. The van der Waals surface area contributed by atoms with Crippen molar-refractivity contribution < 1.29 is 13.9 Å². The predicted octanol–water partition coefficient (Wildman–Crippen LogP) is 3.00. The van der Waals surface area contributed by atoms with Crippen molar-refractivity contribution in [3.8, 4) is 0 Å². The van der Waals surface area contributed by atoms with Gasteiger partial charge >= 0.3 is 5.97 Å². The maximum absolute atomic E-state index is 11.4. The van der Waals surface area contributed by atoms with Crippen molar-refractivity contribution in [1.82, 2.24) is 4.90 Å². The minimum absolute atomic E-state index is 0.218. The van der Waals surface area contributed by atoms with Crippen molar-refractivity contribution in [3.05, 3.63) is 23.7 Å². The third-order valence-corrected chi connectivity index (χ3v) is 3.42. The third-order valence-electron chi connectivity index (χ3n) is 3.42. The van der Waals surface area contributed by atoms with Crippen LogP contribution in [0.2, 0.25) is 0 Å². The molecule has 1 fully saturated rings. The van der Waals surface area contributed by atoms with E-state index < -0.39 is 5.97 Å². The van der Waals surface area contributed by atoms with E-state index in [0.717, 1.165) is 18.7 Å². The van der Waals surface area contributed by atoms with E-state index >= 15 is 0 Å². The molecule has 1 unspecified atom stereocenters. The number of ether oxygens (including phenoxy) is 1. The van der Waals surface area contributed by atoms with E-state index in [2.05, 4.69) is 23.5 Å². The molecular formula is C14H21NO3. The van der Waals surface area contributed by atoms with Gasteiger partial charge in [-0.15, -0.1) is 0 Å². The van der Waals surface area contributed by atoms with Gasteiger partial charge in [-0.3, -0.25) is 4.90 Å². The minimum Gasteiger partial charge on any atom is -0.463 e. The molecule has 18 heavy (non-hydrogen) atoms. The Hall–Kier alpha value is -1.29. The summed E-state index contributed by atoms with van der Waals surface area (Å²) in [6.07, 6.45) is 3.68. The third kappa shape index (κ3) is 2.75. The molecular weight excluding hydrogens is 230 g/mol. The Balaban J connectivity index is 2.09. The van der Waals surface area contributed by atoms with E-state index in [1.54, 1.807) is 6.07 Å². The van der Waals surface area contributed by atoms with Gasteiger partial charge in [-0.05, 0) is 44.9 Å². The fraction of sp³-hybridized carbons (Fsp3) is 0.643. The second-order valence-electron chi connectivity index (χ2n) is 4.84. The van der Waals surface area contributed by atoms with Crippen LogP contribution in [0.3, 0.4) is 0 Å². The molecule has 1 aliphatic rings. The molecule has 4 nitrogen and oxygen atoms in total. The van der Waals surface area contributed by atoms with Gasteiger partial charge in [0.15, 0.2) is 0 Å². The standard InChI is InChI=1S/C14H21NO3/c1-4-9-15(11-5-6-11)10(2)12-7-8-13(18-12)14(16)17-3/h7-8,10-11H,4-6,9H2,1-3H3. The Morgan fingerprint density at radius 1 is 1.56 bits per heavy atom. The fourth-order valence-corrected chi connectivity index (χ4v) is 2.31. The number of carbonyl (C=O) groups excluding carboxylic acids is 1. The van der Waals surface area contributed by atoms with Crippen molar-refractivity contribution in [3.63, 3.8) is 0 Å². The molecule has 0 aromatic carbocycles. The van der Waals surface area contributed by atoms with E-state index in [1.165, 1.54) is 20.0 Å². The van der Waals surface area contributed by atoms with E-state index in [9.17, 15) is 4.79 Å². The van der Waals surface area contributed by atoms with Crippen molar-refractivity contribution in [2.45, 2.75) is 45.2 Å². The van der Waals surface area contributed by atoms with E-state index in [0.29, 0.717) is 6.04 Å². The van der Waals surface area contributed by atoms with Crippen LogP contribution in [0.1, 0.15) is 55.5 Å². The molecule has 0 N–H and O–H groups in total. The summed E-state index contributed by atoms with van der Waals surface area (Å²) in [7, 11) is 1.36. The fourth-order valence-electron chi connectivity index (χ4n) is 2.31. The molecule has 0 radical (unpaired) electrons. The van der Waals surface area contributed by atoms with Gasteiger partial charge in [0, 0.05) is 6.04 Å². The summed E-state index contributed by atoms with van der Waals surface area (Å²) in [6.45, 7) is 5.39. The monoisotopic (exact) mass is 251 g/mol. The first kappa shape index (κ1) is 13.1. The molecule has 1 aromatic rings. The average molecular weight is 251 g/mol. The van der Waals surface area contributed by atoms with E-state index in [-0.39, 0.29) is 11.8 Å². The maximum Gasteiger partial charge on any atom is 0.373 e. The van der Waals surface area contributed by atoms with Crippen molar-refractivity contribution in [2.75, 3.05) is 13.7 Å². The van der Waals surface area contributed by atoms with Gasteiger partial charge in [0.25, 0.3) is 0 Å². The molecule has 2 rings (SSSR count). The highest BCUT2D eigenvalue weighted by atomic mass is 16.5. The average Bonchev–Trinajstić information content (AvgIpc) is 3.10. The van der Waals surface area contributed by atoms with Crippen LogP contribution in [0.4, 0.5) is 0 Å². The summed E-state index contributed by atoms with van der Waals surface area (Å²) in [5.41, 5.74) is 0. The molecule has 1 aliphatic carbocycles. The summed E-state index contributed by atoms with van der Waals surface area (Å²) in [5, 5.41) is 0. The summed E-state index contributed by atoms with van der Waals surface area (Å²) < 4.78 is 10.2.